The van der Waals surface area contributed by atoms with Gasteiger partial charge in [-0.15, -0.1) is 18.9 Å². The van der Waals surface area contributed by atoms with Crippen molar-refractivity contribution in [2.45, 2.75) is 37.8 Å². The summed E-state index contributed by atoms with van der Waals surface area (Å²) in [5.41, 5.74) is 3.73. The summed E-state index contributed by atoms with van der Waals surface area (Å²) in [6.45, 7) is 12.9. The molecule has 0 aromatic carbocycles. The molecule has 0 aliphatic carbocycles. The molecule has 0 N–H and O–H groups in total. The summed E-state index contributed by atoms with van der Waals surface area (Å²) in [5.74, 6) is 0. The monoisotopic (exact) mass is 242 g/mol. The first kappa shape index (κ1) is 12.9. The zero-order valence-corrected chi connectivity index (χ0v) is 12.3. The maximum atomic E-state index is 6.25. The van der Waals surface area contributed by atoms with Crippen LogP contribution in [0.4, 0.5) is 0 Å². The van der Waals surface area contributed by atoms with Gasteiger partial charge in [0.1, 0.15) is 14.9 Å². The molecule has 0 radical (unpaired) electrons. The average molecular weight is 242 g/mol. The third-order valence-corrected chi connectivity index (χ3v) is 6.50. The van der Waals surface area contributed by atoms with E-state index in [0.29, 0.717) is 0 Å². The van der Waals surface area contributed by atoms with Gasteiger partial charge in [0.25, 0.3) is 0 Å². The van der Waals surface area contributed by atoms with Crippen LogP contribution in [0.15, 0.2) is 24.6 Å². The molecule has 1 heterocycles. The molecule has 1 saturated heterocycles. The molecule has 1 unspecified atom stereocenters. The molecule has 2 nitrogen and oxygen atoms in total. The molecular weight excluding hydrogens is 220 g/mol. The molecule has 15 heavy (non-hydrogen) atoms. The van der Waals surface area contributed by atoms with Gasteiger partial charge in [0.15, 0.2) is 0 Å². The van der Waals surface area contributed by atoms with Gasteiger partial charge in [-0.1, -0.05) is 5.70 Å². The van der Waals surface area contributed by atoms with E-state index in [2.05, 4.69) is 26.3 Å². The highest BCUT2D eigenvalue weighted by Gasteiger charge is 2.38. The van der Waals surface area contributed by atoms with E-state index < -0.39 is 17.8 Å². The van der Waals surface area contributed by atoms with Crippen LogP contribution in [0.5, 0.6) is 0 Å². The minimum atomic E-state index is -1.75. The molecule has 0 saturated carbocycles. The molecule has 0 amide bonds. The van der Waals surface area contributed by atoms with Gasteiger partial charge in [-0.25, -0.2) is 0 Å². The predicted octanol–water partition coefficient (Wildman–Crippen LogP) is 2.10. The van der Waals surface area contributed by atoms with Crippen molar-refractivity contribution in [2.24, 2.45) is 0 Å². The highest BCUT2D eigenvalue weighted by atomic mass is 28.4. The van der Waals surface area contributed by atoms with E-state index in [9.17, 15) is 0 Å². The zero-order valence-electron chi connectivity index (χ0n) is 9.92. The first-order valence-electron chi connectivity index (χ1n) is 5.62. The van der Waals surface area contributed by atoms with Gasteiger partial charge < -0.3 is 9.16 Å². The van der Waals surface area contributed by atoms with Gasteiger partial charge in [0.2, 0.25) is 8.32 Å². The minimum Gasteiger partial charge on any atom is -0.390 e. The van der Waals surface area contributed by atoms with Gasteiger partial charge in [-0.05, 0) is 32.4 Å². The molecule has 0 aromatic heterocycles. The second-order valence-electron chi connectivity index (χ2n) is 4.62. The summed E-state index contributed by atoms with van der Waals surface area (Å²) in [4.78, 5) is 0. The van der Waals surface area contributed by atoms with Crippen LogP contribution in [0.2, 0.25) is 13.1 Å². The highest BCUT2D eigenvalue weighted by molar-refractivity contribution is 6.76. The molecule has 0 bridgehead atoms. The lowest BCUT2D eigenvalue weighted by molar-refractivity contribution is -0.150. The highest BCUT2D eigenvalue weighted by Crippen LogP contribution is 2.29. The van der Waals surface area contributed by atoms with Crippen LogP contribution in [-0.4, -0.2) is 29.9 Å². The second kappa shape index (κ2) is 5.25. The standard InChI is InChI=1S/C11H22O2Si2/c1-5-14-11(9-7-8-10-12-11)13-15(3,4)6-2/h5-6H,1-2,7-10,14H2,3-4H3. The third-order valence-electron chi connectivity index (χ3n) is 2.71. The van der Waals surface area contributed by atoms with Crippen molar-refractivity contribution in [3.63, 3.8) is 0 Å². The van der Waals surface area contributed by atoms with E-state index in [-0.39, 0.29) is 5.41 Å². The number of ether oxygens (including phenoxy) is 1. The first-order chi connectivity index (χ1) is 7.04. The minimum absolute atomic E-state index is 0.274. The van der Waals surface area contributed by atoms with E-state index in [4.69, 9.17) is 9.16 Å². The Balaban J connectivity index is 2.71. The van der Waals surface area contributed by atoms with Crippen molar-refractivity contribution in [1.29, 1.82) is 0 Å². The first-order valence-corrected chi connectivity index (χ1v) is 10.1. The maximum Gasteiger partial charge on any atom is 0.213 e. The summed E-state index contributed by atoms with van der Waals surface area (Å²) in [6, 6.07) is 0. The largest absolute Gasteiger partial charge is 0.390 e. The van der Waals surface area contributed by atoms with Crippen molar-refractivity contribution in [3.8, 4) is 0 Å². The fraction of sp³-hybridized carbons (Fsp3) is 0.636. The van der Waals surface area contributed by atoms with Crippen LogP contribution < -0.4 is 0 Å². The summed E-state index contributed by atoms with van der Waals surface area (Å²) < 4.78 is 12.1. The SMILES string of the molecule is C=C[SiH2]C1(O[Si](C)(C)C=C)CCCCO1. The molecular formula is C11H22O2Si2. The number of hydrogen-bond donors (Lipinski definition) is 0. The van der Waals surface area contributed by atoms with Crippen molar-refractivity contribution >= 4 is 17.8 Å². The molecule has 4 heteroatoms. The Bertz CT molecular complexity index is 233. The van der Waals surface area contributed by atoms with E-state index >= 15 is 0 Å². The van der Waals surface area contributed by atoms with E-state index in [1.165, 1.54) is 6.42 Å². The summed E-state index contributed by atoms with van der Waals surface area (Å²) in [7, 11) is -2.26. The summed E-state index contributed by atoms with van der Waals surface area (Å²) in [5, 5.41) is 0. The number of rotatable bonds is 5. The fourth-order valence-electron chi connectivity index (χ4n) is 1.85. The van der Waals surface area contributed by atoms with Gasteiger partial charge in [0, 0.05) is 6.61 Å². The quantitative estimate of drug-likeness (QED) is 0.688. The molecule has 1 aliphatic heterocycles. The van der Waals surface area contributed by atoms with Crippen molar-refractivity contribution < 1.29 is 9.16 Å². The van der Waals surface area contributed by atoms with E-state index in [1.54, 1.807) is 0 Å². The molecule has 1 aliphatic rings. The van der Waals surface area contributed by atoms with E-state index in [0.717, 1.165) is 19.4 Å². The summed E-state index contributed by atoms with van der Waals surface area (Å²) >= 11 is 0. The van der Waals surface area contributed by atoms with Crippen molar-refractivity contribution in [1.82, 2.24) is 0 Å². The maximum absolute atomic E-state index is 6.25. The molecule has 1 rings (SSSR count). The Morgan fingerprint density at radius 1 is 1.40 bits per heavy atom. The lowest BCUT2D eigenvalue weighted by Crippen LogP contribution is -2.51. The Morgan fingerprint density at radius 2 is 2.13 bits per heavy atom. The summed E-state index contributed by atoms with van der Waals surface area (Å²) in [6.07, 6.45) is 3.41. The predicted molar refractivity (Wildman–Crippen MR) is 70.0 cm³/mol. The van der Waals surface area contributed by atoms with Crippen LogP contribution in [0, 0.1) is 0 Å². The molecule has 0 aromatic rings. The van der Waals surface area contributed by atoms with Crippen LogP contribution in [0.1, 0.15) is 19.3 Å². The Hall–Kier alpha value is -0.166. The van der Waals surface area contributed by atoms with Crippen LogP contribution in [-0.2, 0) is 9.16 Å². The Kier molecular flexibility index (Phi) is 4.51. The molecule has 86 valence electrons. The number of hydrogen-bond acceptors (Lipinski definition) is 2. The molecule has 0 spiro atoms. The third kappa shape index (κ3) is 3.72. The van der Waals surface area contributed by atoms with E-state index in [1.807, 2.05) is 11.4 Å². The molecule has 1 fully saturated rings. The van der Waals surface area contributed by atoms with Crippen molar-refractivity contribution in [3.05, 3.63) is 24.6 Å². The van der Waals surface area contributed by atoms with Crippen LogP contribution in [0.3, 0.4) is 0 Å². The second-order valence-corrected chi connectivity index (χ2v) is 10.5. The van der Waals surface area contributed by atoms with Crippen LogP contribution in [0.25, 0.3) is 0 Å². The zero-order chi connectivity index (χ0) is 11.4. The molecule has 1 atom stereocenters. The Morgan fingerprint density at radius 3 is 2.60 bits per heavy atom. The topological polar surface area (TPSA) is 18.5 Å². The smallest absolute Gasteiger partial charge is 0.213 e. The van der Waals surface area contributed by atoms with Gasteiger partial charge in [0.05, 0.1) is 0 Å². The van der Waals surface area contributed by atoms with Gasteiger partial charge >= 0.3 is 0 Å². The average Bonchev–Trinajstić information content (AvgIpc) is 2.18. The lowest BCUT2D eigenvalue weighted by Gasteiger charge is -2.41. The van der Waals surface area contributed by atoms with Crippen LogP contribution >= 0.6 is 0 Å². The fourth-order valence-corrected chi connectivity index (χ4v) is 5.66. The van der Waals surface area contributed by atoms with Crippen molar-refractivity contribution in [2.75, 3.05) is 6.61 Å². The van der Waals surface area contributed by atoms with Gasteiger partial charge in [-0.2, -0.15) is 0 Å². The normalized spacial score (nSPS) is 28.1. The van der Waals surface area contributed by atoms with Gasteiger partial charge in [-0.3, -0.25) is 0 Å². The Labute approximate surface area is 96.3 Å². The lowest BCUT2D eigenvalue weighted by atomic mass is 10.2.